The van der Waals surface area contributed by atoms with Crippen LogP contribution in [0.3, 0.4) is 0 Å². The number of carboxylic acid groups (broad SMARTS) is 1. The van der Waals surface area contributed by atoms with Gasteiger partial charge in [-0.1, -0.05) is 29.8 Å². The van der Waals surface area contributed by atoms with Gasteiger partial charge in [0.2, 0.25) is 0 Å². The van der Waals surface area contributed by atoms with Crippen LogP contribution in [0, 0.1) is 5.92 Å². The first-order chi connectivity index (χ1) is 17.9. The molecule has 1 aliphatic carbocycles. The summed E-state index contributed by atoms with van der Waals surface area (Å²) in [5, 5.41) is 7.84. The molecule has 3 aromatic rings. The standard InChI is InChI=1S/C26H28ClN3O.C2HF3O2/c1-28(2)16-18-3-4-21-14-24(10-7-20(21)13-18)30-12-11-29-17-22(15-25(29)26(30)31)19-5-8-23(27)9-6-19;3-2(4,5)1(6)7/h5-10,14-15,17-18H,3-4,11-13,16H2,1-2H3;(H,6,7). The summed E-state index contributed by atoms with van der Waals surface area (Å²) < 4.78 is 33.8. The average Bonchev–Trinajstić information content (AvgIpc) is 3.29. The van der Waals surface area contributed by atoms with Crippen LogP contribution in [0.15, 0.2) is 54.7 Å². The lowest BCUT2D eigenvalue weighted by molar-refractivity contribution is -0.192. The number of halogens is 4. The lowest BCUT2D eigenvalue weighted by Crippen LogP contribution is -2.40. The Labute approximate surface area is 224 Å². The van der Waals surface area contributed by atoms with Gasteiger partial charge in [0.1, 0.15) is 5.69 Å². The number of hydrogen-bond acceptors (Lipinski definition) is 3. The number of carbonyl (C=O) groups is 2. The predicted molar refractivity (Wildman–Crippen MR) is 141 cm³/mol. The van der Waals surface area contributed by atoms with Crippen LogP contribution in [0.5, 0.6) is 0 Å². The van der Waals surface area contributed by atoms with Gasteiger partial charge >= 0.3 is 12.1 Å². The van der Waals surface area contributed by atoms with Crippen molar-refractivity contribution < 1.29 is 27.9 Å². The van der Waals surface area contributed by atoms with Crippen molar-refractivity contribution in [3.8, 4) is 11.1 Å². The van der Waals surface area contributed by atoms with Crippen molar-refractivity contribution in [3.63, 3.8) is 0 Å². The Kier molecular flexibility index (Phi) is 8.18. The van der Waals surface area contributed by atoms with Crippen molar-refractivity contribution in [2.75, 3.05) is 32.1 Å². The number of aromatic nitrogens is 1. The van der Waals surface area contributed by atoms with E-state index in [0.29, 0.717) is 6.54 Å². The number of carboxylic acids is 1. The Balaban J connectivity index is 0.000000426. The Morgan fingerprint density at radius 1 is 1.05 bits per heavy atom. The van der Waals surface area contributed by atoms with E-state index < -0.39 is 12.1 Å². The smallest absolute Gasteiger partial charge is 0.475 e. The summed E-state index contributed by atoms with van der Waals surface area (Å²) in [6.45, 7) is 2.64. The number of benzene rings is 2. The highest BCUT2D eigenvalue weighted by molar-refractivity contribution is 6.30. The number of carbonyl (C=O) groups excluding carboxylic acids is 1. The summed E-state index contributed by atoms with van der Waals surface area (Å²) in [7, 11) is 4.30. The number of aliphatic carboxylic acids is 1. The maximum absolute atomic E-state index is 13.3. The highest BCUT2D eigenvalue weighted by Crippen LogP contribution is 2.32. The molecule has 202 valence electrons. The summed E-state index contributed by atoms with van der Waals surface area (Å²) in [5.41, 5.74) is 6.75. The number of rotatable bonds is 4. The second-order valence-electron chi connectivity index (χ2n) is 9.90. The van der Waals surface area contributed by atoms with Gasteiger partial charge in [0, 0.05) is 42.1 Å². The summed E-state index contributed by atoms with van der Waals surface area (Å²) in [6.07, 6.45) is 0.442. The third-order valence-electron chi connectivity index (χ3n) is 6.80. The monoisotopic (exact) mass is 547 g/mol. The van der Waals surface area contributed by atoms with E-state index in [2.05, 4.69) is 48.0 Å². The van der Waals surface area contributed by atoms with Gasteiger partial charge < -0.3 is 19.5 Å². The molecule has 2 aromatic carbocycles. The molecule has 0 saturated carbocycles. The molecule has 0 bridgehead atoms. The van der Waals surface area contributed by atoms with E-state index in [1.807, 2.05) is 35.2 Å². The lowest BCUT2D eigenvalue weighted by atomic mass is 9.83. The summed E-state index contributed by atoms with van der Waals surface area (Å²) >= 11 is 6.02. The number of alkyl halides is 3. The zero-order chi connectivity index (χ0) is 27.6. The molecule has 1 N–H and O–H groups in total. The normalized spacial score (nSPS) is 17.0. The maximum Gasteiger partial charge on any atom is 0.490 e. The minimum absolute atomic E-state index is 0.0766. The Hall–Kier alpha value is -3.30. The van der Waals surface area contributed by atoms with Crippen molar-refractivity contribution in [1.82, 2.24) is 9.47 Å². The molecule has 0 fully saturated rings. The van der Waals surface area contributed by atoms with Crippen molar-refractivity contribution >= 4 is 29.2 Å². The molecule has 0 saturated heterocycles. The topological polar surface area (TPSA) is 65.8 Å². The van der Waals surface area contributed by atoms with Crippen LogP contribution in [0.2, 0.25) is 5.02 Å². The van der Waals surface area contributed by atoms with Crippen molar-refractivity contribution in [2.24, 2.45) is 5.92 Å². The van der Waals surface area contributed by atoms with E-state index in [1.165, 1.54) is 17.5 Å². The number of hydrogen-bond donors (Lipinski definition) is 1. The maximum atomic E-state index is 13.3. The second kappa shape index (κ2) is 11.2. The molecule has 1 amide bonds. The minimum Gasteiger partial charge on any atom is -0.475 e. The van der Waals surface area contributed by atoms with Crippen LogP contribution < -0.4 is 4.90 Å². The average molecular weight is 548 g/mol. The van der Waals surface area contributed by atoms with Crippen LogP contribution in [0.25, 0.3) is 11.1 Å². The van der Waals surface area contributed by atoms with Gasteiger partial charge in [-0.05, 0) is 86.3 Å². The van der Waals surface area contributed by atoms with Crippen molar-refractivity contribution in [3.05, 3.63) is 76.6 Å². The Morgan fingerprint density at radius 2 is 1.74 bits per heavy atom. The molecule has 1 aliphatic heterocycles. The molecule has 10 heteroatoms. The molecule has 2 aliphatic rings. The summed E-state index contributed by atoms with van der Waals surface area (Å²) in [4.78, 5) is 26.5. The number of amides is 1. The molecular weight excluding hydrogens is 519 g/mol. The van der Waals surface area contributed by atoms with E-state index in [0.717, 1.165) is 59.4 Å². The van der Waals surface area contributed by atoms with Crippen LogP contribution in [0.4, 0.5) is 18.9 Å². The molecular formula is C28H29ClF3N3O3. The fraction of sp³-hybridized carbons (Fsp3) is 0.357. The van der Waals surface area contributed by atoms with Gasteiger partial charge in [-0.2, -0.15) is 13.2 Å². The fourth-order valence-electron chi connectivity index (χ4n) is 5.03. The van der Waals surface area contributed by atoms with Crippen molar-refractivity contribution in [2.45, 2.75) is 32.0 Å². The molecule has 1 unspecified atom stereocenters. The zero-order valence-corrected chi connectivity index (χ0v) is 21.9. The van der Waals surface area contributed by atoms with Crippen LogP contribution in [-0.4, -0.2) is 59.8 Å². The first-order valence-corrected chi connectivity index (χ1v) is 12.6. The largest absolute Gasteiger partial charge is 0.490 e. The SMILES string of the molecule is CN(C)CC1CCc2cc(N3CCn4cc(-c5ccc(Cl)cc5)cc4C3=O)ccc2C1.O=C(O)C(F)(F)F. The van der Waals surface area contributed by atoms with Crippen molar-refractivity contribution in [1.29, 1.82) is 0 Å². The molecule has 5 rings (SSSR count). The van der Waals surface area contributed by atoms with Gasteiger partial charge in [0.25, 0.3) is 5.91 Å². The molecule has 1 atom stereocenters. The molecule has 0 radical (unpaired) electrons. The molecule has 38 heavy (non-hydrogen) atoms. The Bertz CT molecular complexity index is 1320. The van der Waals surface area contributed by atoms with E-state index in [4.69, 9.17) is 21.5 Å². The highest BCUT2D eigenvalue weighted by atomic mass is 35.5. The highest BCUT2D eigenvalue weighted by Gasteiger charge is 2.38. The van der Waals surface area contributed by atoms with E-state index in [-0.39, 0.29) is 5.91 Å². The second-order valence-corrected chi connectivity index (χ2v) is 10.3. The number of anilines is 1. The fourth-order valence-corrected chi connectivity index (χ4v) is 5.15. The molecule has 0 spiro atoms. The van der Waals surface area contributed by atoms with Gasteiger partial charge in [0.15, 0.2) is 0 Å². The first kappa shape index (κ1) is 27.7. The number of fused-ring (bicyclic) bond motifs is 2. The van der Waals surface area contributed by atoms with Crippen LogP contribution in [0.1, 0.15) is 28.0 Å². The number of nitrogens with zero attached hydrogens (tertiary/aromatic N) is 3. The van der Waals surface area contributed by atoms with E-state index in [1.54, 1.807) is 0 Å². The molecule has 2 heterocycles. The third kappa shape index (κ3) is 6.39. The quantitative estimate of drug-likeness (QED) is 0.450. The van der Waals surface area contributed by atoms with Gasteiger partial charge in [-0.25, -0.2) is 4.79 Å². The van der Waals surface area contributed by atoms with Gasteiger partial charge in [-0.15, -0.1) is 0 Å². The predicted octanol–water partition coefficient (Wildman–Crippen LogP) is 5.77. The van der Waals surface area contributed by atoms with E-state index >= 15 is 0 Å². The first-order valence-electron chi connectivity index (χ1n) is 12.3. The minimum atomic E-state index is -5.08. The van der Waals surface area contributed by atoms with E-state index in [9.17, 15) is 18.0 Å². The van der Waals surface area contributed by atoms with Crippen LogP contribution >= 0.6 is 11.6 Å². The lowest BCUT2D eigenvalue weighted by Gasteiger charge is -2.31. The Morgan fingerprint density at radius 3 is 2.37 bits per heavy atom. The number of aryl methyl sites for hydroxylation is 1. The summed E-state index contributed by atoms with van der Waals surface area (Å²) in [5.74, 6) is -1.96. The van der Waals surface area contributed by atoms with Crippen LogP contribution in [-0.2, 0) is 24.2 Å². The van der Waals surface area contributed by atoms with Gasteiger partial charge in [0.05, 0.1) is 0 Å². The third-order valence-corrected chi connectivity index (χ3v) is 7.05. The molecule has 6 nitrogen and oxygen atoms in total. The molecule has 1 aromatic heterocycles. The van der Waals surface area contributed by atoms with Gasteiger partial charge in [-0.3, -0.25) is 4.79 Å². The summed E-state index contributed by atoms with van der Waals surface area (Å²) in [6, 6.07) is 16.4. The zero-order valence-electron chi connectivity index (χ0n) is 21.1.